The summed E-state index contributed by atoms with van der Waals surface area (Å²) >= 11 is 0. The minimum absolute atomic E-state index is 0.218. The van der Waals surface area contributed by atoms with E-state index in [1.165, 1.54) is 25.7 Å². The quantitative estimate of drug-likeness (QED) is 0.602. The van der Waals surface area contributed by atoms with E-state index < -0.39 is 0 Å². The summed E-state index contributed by atoms with van der Waals surface area (Å²) in [5.41, 5.74) is 5.21. The molecule has 0 radical (unpaired) electrons. The second kappa shape index (κ2) is 1.87. The van der Waals surface area contributed by atoms with Gasteiger partial charge in [0.05, 0.1) is 0 Å². The van der Waals surface area contributed by atoms with E-state index in [1.807, 2.05) is 4.90 Å². The molecular weight excluding hydrogens is 128 g/mol. The van der Waals surface area contributed by atoms with Gasteiger partial charge in [0.2, 0.25) is 0 Å². The van der Waals surface area contributed by atoms with E-state index in [2.05, 4.69) is 0 Å². The van der Waals surface area contributed by atoms with E-state index in [0.29, 0.717) is 12.1 Å². The Morgan fingerprint density at radius 3 is 1.80 bits per heavy atom. The molecule has 10 heavy (non-hydrogen) atoms. The van der Waals surface area contributed by atoms with Crippen LogP contribution in [0.25, 0.3) is 0 Å². The monoisotopic (exact) mass is 140 g/mol. The SMILES string of the molecule is NC(=O)N(C1CC1)C1CC1. The predicted octanol–water partition coefficient (Wildman–Crippen LogP) is 0.692. The van der Waals surface area contributed by atoms with E-state index in [0.717, 1.165) is 0 Å². The maximum atomic E-state index is 10.8. The Bertz CT molecular complexity index is 149. The molecule has 2 aliphatic rings. The molecule has 3 heteroatoms. The standard InChI is InChI=1S/C7H12N2O/c8-7(10)9(5-1-2-5)6-3-4-6/h5-6H,1-4H2,(H2,8,10). The van der Waals surface area contributed by atoms with Crippen molar-refractivity contribution in [1.29, 1.82) is 0 Å². The molecule has 0 aromatic heterocycles. The first-order valence-electron chi connectivity index (χ1n) is 3.87. The first-order chi connectivity index (χ1) is 4.79. The van der Waals surface area contributed by atoms with Crippen LogP contribution in [0.3, 0.4) is 0 Å². The van der Waals surface area contributed by atoms with Crippen LogP contribution in [-0.2, 0) is 0 Å². The first kappa shape index (κ1) is 6.01. The summed E-state index contributed by atoms with van der Waals surface area (Å²) in [5, 5.41) is 0. The van der Waals surface area contributed by atoms with Gasteiger partial charge in [-0.3, -0.25) is 0 Å². The lowest BCUT2D eigenvalue weighted by Crippen LogP contribution is -2.39. The van der Waals surface area contributed by atoms with E-state index in [1.54, 1.807) is 0 Å². The number of amides is 2. The van der Waals surface area contributed by atoms with Crippen LogP contribution < -0.4 is 5.73 Å². The number of carbonyl (C=O) groups is 1. The molecule has 0 atom stereocenters. The van der Waals surface area contributed by atoms with Gasteiger partial charge in [0.25, 0.3) is 0 Å². The third-order valence-electron chi connectivity index (χ3n) is 2.14. The van der Waals surface area contributed by atoms with Gasteiger partial charge < -0.3 is 10.6 Å². The topological polar surface area (TPSA) is 46.3 Å². The van der Waals surface area contributed by atoms with Gasteiger partial charge in [0.1, 0.15) is 0 Å². The van der Waals surface area contributed by atoms with Crippen LogP contribution in [0.15, 0.2) is 0 Å². The number of rotatable bonds is 2. The van der Waals surface area contributed by atoms with Crippen molar-refractivity contribution in [3.63, 3.8) is 0 Å². The molecule has 0 heterocycles. The minimum atomic E-state index is -0.218. The number of hydrogen-bond acceptors (Lipinski definition) is 1. The zero-order chi connectivity index (χ0) is 7.14. The number of primary amides is 1. The second-order valence-corrected chi connectivity index (χ2v) is 3.21. The fourth-order valence-corrected chi connectivity index (χ4v) is 1.36. The van der Waals surface area contributed by atoms with E-state index in [9.17, 15) is 4.79 Å². The number of nitrogens with two attached hydrogens (primary N) is 1. The van der Waals surface area contributed by atoms with Crippen molar-refractivity contribution in [2.75, 3.05) is 0 Å². The maximum absolute atomic E-state index is 10.8. The average Bonchev–Trinajstić information content (AvgIpc) is 2.49. The van der Waals surface area contributed by atoms with Gasteiger partial charge in [-0.15, -0.1) is 0 Å². The van der Waals surface area contributed by atoms with Crippen molar-refractivity contribution in [3.8, 4) is 0 Å². The molecule has 2 saturated carbocycles. The zero-order valence-electron chi connectivity index (χ0n) is 5.92. The maximum Gasteiger partial charge on any atom is 0.315 e. The van der Waals surface area contributed by atoms with Crippen LogP contribution in [0.4, 0.5) is 4.79 Å². The third-order valence-corrected chi connectivity index (χ3v) is 2.14. The van der Waals surface area contributed by atoms with Crippen LogP contribution in [0.2, 0.25) is 0 Å². The molecule has 0 spiro atoms. The number of hydrogen-bond donors (Lipinski definition) is 1. The third kappa shape index (κ3) is 0.958. The summed E-state index contributed by atoms with van der Waals surface area (Å²) < 4.78 is 0. The van der Waals surface area contributed by atoms with Gasteiger partial charge in [-0.25, -0.2) is 4.79 Å². The first-order valence-corrected chi connectivity index (χ1v) is 3.87. The highest BCUT2D eigenvalue weighted by molar-refractivity contribution is 5.73. The Hall–Kier alpha value is -0.730. The molecule has 2 rings (SSSR count). The fraction of sp³-hybridized carbons (Fsp3) is 0.857. The Kier molecular flexibility index (Phi) is 1.13. The Balaban J connectivity index is 1.98. The Morgan fingerprint density at radius 2 is 1.60 bits per heavy atom. The van der Waals surface area contributed by atoms with Gasteiger partial charge in [0.15, 0.2) is 0 Å². The number of carbonyl (C=O) groups excluding carboxylic acids is 1. The van der Waals surface area contributed by atoms with Crippen molar-refractivity contribution in [2.24, 2.45) is 5.73 Å². The minimum Gasteiger partial charge on any atom is -0.351 e. The second-order valence-electron chi connectivity index (χ2n) is 3.21. The van der Waals surface area contributed by atoms with Gasteiger partial charge in [-0.2, -0.15) is 0 Å². The average molecular weight is 140 g/mol. The van der Waals surface area contributed by atoms with Crippen molar-refractivity contribution in [1.82, 2.24) is 4.90 Å². The number of urea groups is 1. The van der Waals surface area contributed by atoms with Gasteiger partial charge in [-0.1, -0.05) is 0 Å². The lowest BCUT2D eigenvalue weighted by atomic mass is 10.5. The fourth-order valence-electron chi connectivity index (χ4n) is 1.36. The smallest absolute Gasteiger partial charge is 0.315 e. The van der Waals surface area contributed by atoms with Crippen LogP contribution in [-0.4, -0.2) is 23.0 Å². The molecule has 0 aliphatic heterocycles. The van der Waals surface area contributed by atoms with Gasteiger partial charge in [-0.05, 0) is 25.7 Å². The lowest BCUT2D eigenvalue weighted by molar-refractivity contribution is 0.201. The molecule has 0 aromatic rings. The van der Waals surface area contributed by atoms with E-state index in [-0.39, 0.29) is 6.03 Å². The van der Waals surface area contributed by atoms with Crippen LogP contribution in [0.1, 0.15) is 25.7 Å². The lowest BCUT2D eigenvalue weighted by Gasteiger charge is -2.18. The molecule has 2 fully saturated rings. The van der Waals surface area contributed by atoms with Crippen molar-refractivity contribution >= 4 is 6.03 Å². The molecule has 56 valence electrons. The van der Waals surface area contributed by atoms with E-state index >= 15 is 0 Å². The van der Waals surface area contributed by atoms with Gasteiger partial charge >= 0.3 is 6.03 Å². The summed E-state index contributed by atoms with van der Waals surface area (Å²) in [6.45, 7) is 0. The summed E-state index contributed by atoms with van der Waals surface area (Å²) in [7, 11) is 0. The molecule has 0 saturated heterocycles. The molecule has 0 bridgehead atoms. The molecule has 3 nitrogen and oxygen atoms in total. The largest absolute Gasteiger partial charge is 0.351 e. The van der Waals surface area contributed by atoms with Crippen molar-refractivity contribution < 1.29 is 4.79 Å². The summed E-state index contributed by atoms with van der Waals surface area (Å²) in [4.78, 5) is 12.7. The molecule has 0 aromatic carbocycles. The molecule has 2 aliphatic carbocycles. The number of nitrogens with zero attached hydrogens (tertiary/aromatic N) is 1. The van der Waals surface area contributed by atoms with Crippen molar-refractivity contribution in [3.05, 3.63) is 0 Å². The van der Waals surface area contributed by atoms with Crippen LogP contribution >= 0.6 is 0 Å². The van der Waals surface area contributed by atoms with Crippen molar-refractivity contribution in [2.45, 2.75) is 37.8 Å². The highest BCUT2D eigenvalue weighted by Crippen LogP contribution is 2.36. The summed E-state index contributed by atoms with van der Waals surface area (Å²) in [6.07, 6.45) is 4.66. The molecule has 0 unspecified atom stereocenters. The zero-order valence-corrected chi connectivity index (χ0v) is 5.92. The molecule has 2 amide bonds. The Labute approximate surface area is 60.2 Å². The van der Waals surface area contributed by atoms with Gasteiger partial charge in [0, 0.05) is 12.1 Å². The summed E-state index contributed by atoms with van der Waals surface area (Å²) in [6, 6.07) is 0.792. The van der Waals surface area contributed by atoms with E-state index in [4.69, 9.17) is 5.73 Å². The highest BCUT2D eigenvalue weighted by atomic mass is 16.2. The molecule has 2 N–H and O–H groups in total. The molecular formula is C7H12N2O. The predicted molar refractivity (Wildman–Crippen MR) is 37.5 cm³/mol. The highest BCUT2D eigenvalue weighted by Gasteiger charge is 2.41. The van der Waals surface area contributed by atoms with Crippen LogP contribution in [0.5, 0.6) is 0 Å². The summed E-state index contributed by atoms with van der Waals surface area (Å²) in [5.74, 6) is 0. The van der Waals surface area contributed by atoms with Crippen LogP contribution in [0, 0.1) is 0 Å². The normalized spacial score (nSPS) is 24.4. The Morgan fingerprint density at radius 1 is 1.20 bits per heavy atom.